The summed E-state index contributed by atoms with van der Waals surface area (Å²) >= 11 is 1.44. The highest BCUT2D eigenvalue weighted by Crippen LogP contribution is 2.38. The summed E-state index contributed by atoms with van der Waals surface area (Å²) in [4.78, 5) is 25.5. The first kappa shape index (κ1) is 17.4. The van der Waals surface area contributed by atoms with Crippen LogP contribution in [0.15, 0.2) is 30.3 Å². The van der Waals surface area contributed by atoms with Gasteiger partial charge in [0, 0.05) is 11.0 Å². The molecule has 0 unspecified atom stereocenters. The lowest BCUT2D eigenvalue weighted by Crippen LogP contribution is -2.13. The number of hydrogen-bond acceptors (Lipinski definition) is 4. The lowest BCUT2D eigenvalue weighted by atomic mass is 9.95. The SMILES string of the molecule is COC(=O)c1c(NC(=O)C=Cc2ccc(F)cc2)sc2c1CCCC2. The first-order valence-electron chi connectivity index (χ1n) is 8.06. The van der Waals surface area contributed by atoms with Gasteiger partial charge in [0.15, 0.2) is 0 Å². The number of fused-ring (bicyclic) bond motifs is 1. The Kier molecular flexibility index (Phi) is 5.28. The fourth-order valence-electron chi connectivity index (χ4n) is 2.87. The van der Waals surface area contributed by atoms with E-state index in [1.807, 2.05) is 0 Å². The third-order valence-electron chi connectivity index (χ3n) is 4.09. The summed E-state index contributed by atoms with van der Waals surface area (Å²) in [6, 6.07) is 5.84. The third-order valence-corrected chi connectivity index (χ3v) is 5.30. The fourth-order valence-corrected chi connectivity index (χ4v) is 4.15. The van der Waals surface area contributed by atoms with Crippen LogP contribution in [0.3, 0.4) is 0 Å². The maximum Gasteiger partial charge on any atom is 0.341 e. The van der Waals surface area contributed by atoms with Crippen molar-refractivity contribution >= 4 is 34.3 Å². The first-order valence-corrected chi connectivity index (χ1v) is 8.87. The minimum absolute atomic E-state index is 0.325. The molecule has 0 fully saturated rings. The standard InChI is InChI=1S/C19H18FNO3S/c1-24-19(23)17-14-4-2-3-5-15(14)25-18(17)21-16(22)11-8-12-6-9-13(20)10-7-12/h6-11H,2-5H2,1H3,(H,21,22). The van der Waals surface area contributed by atoms with Crippen molar-refractivity contribution < 1.29 is 18.7 Å². The molecule has 2 aromatic rings. The summed E-state index contributed by atoms with van der Waals surface area (Å²) in [6.07, 6.45) is 6.84. The average molecular weight is 359 g/mol. The molecule has 0 saturated heterocycles. The molecular formula is C19H18FNO3S. The molecule has 1 N–H and O–H groups in total. The Morgan fingerprint density at radius 1 is 1.20 bits per heavy atom. The summed E-state index contributed by atoms with van der Waals surface area (Å²) in [5.74, 6) is -1.08. The van der Waals surface area contributed by atoms with E-state index in [0.29, 0.717) is 10.6 Å². The maximum absolute atomic E-state index is 12.9. The molecule has 4 nitrogen and oxygen atoms in total. The summed E-state index contributed by atoms with van der Waals surface area (Å²) in [6.45, 7) is 0. The van der Waals surface area contributed by atoms with Crippen LogP contribution in [0.2, 0.25) is 0 Å². The average Bonchev–Trinajstić information content (AvgIpc) is 2.98. The molecule has 1 aromatic carbocycles. The van der Waals surface area contributed by atoms with E-state index >= 15 is 0 Å². The van der Waals surface area contributed by atoms with Gasteiger partial charge in [-0.15, -0.1) is 11.3 Å². The van der Waals surface area contributed by atoms with Gasteiger partial charge in [0.2, 0.25) is 5.91 Å². The molecule has 0 atom stereocenters. The minimum Gasteiger partial charge on any atom is -0.465 e. The molecule has 1 amide bonds. The molecule has 25 heavy (non-hydrogen) atoms. The van der Waals surface area contributed by atoms with E-state index < -0.39 is 5.97 Å². The first-order chi connectivity index (χ1) is 12.1. The Morgan fingerprint density at radius 2 is 1.92 bits per heavy atom. The fraction of sp³-hybridized carbons (Fsp3) is 0.263. The van der Waals surface area contributed by atoms with E-state index in [2.05, 4.69) is 5.32 Å². The number of methoxy groups -OCH3 is 1. The zero-order valence-electron chi connectivity index (χ0n) is 13.8. The maximum atomic E-state index is 12.9. The second-order valence-electron chi connectivity index (χ2n) is 5.78. The molecule has 1 aliphatic rings. The minimum atomic E-state index is -0.419. The second-order valence-corrected chi connectivity index (χ2v) is 6.89. The molecule has 3 rings (SSSR count). The van der Waals surface area contributed by atoms with Crippen molar-refractivity contribution in [1.29, 1.82) is 0 Å². The number of hydrogen-bond donors (Lipinski definition) is 1. The summed E-state index contributed by atoms with van der Waals surface area (Å²) < 4.78 is 17.8. The predicted molar refractivity (Wildman–Crippen MR) is 96.4 cm³/mol. The number of rotatable bonds is 4. The quantitative estimate of drug-likeness (QED) is 0.657. The van der Waals surface area contributed by atoms with E-state index in [-0.39, 0.29) is 11.7 Å². The van der Waals surface area contributed by atoms with E-state index in [9.17, 15) is 14.0 Å². The van der Waals surface area contributed by atoms with Crippen LogP contribution in [0.5, 0.6) is 0 Å². The Labute approximate surface area is 149 Å². The number of ether oxygens (including phenoxy) is 1. The second kappa shape index (κ2) is 7.61. The van der Waals surface area contributed by atoms with Crippen LogP contribution >= 0.6 is 11.3 Å². The van der Waals surface area contributed by atoms with Gasteiger partial charge in [-0.05, 0) is 55.0 Å². The van der Waals surface area contributed by atoms with Crippen LogP contribution in [0.25, 0.3) is 6.08 Å². The molecule has 1 heterocycles. The molecule has 0 radical (unpaired) electrons. The largest absolute Gasteiger partial charge is 0.465 e. The van der Waals surface area contributed by atoms with Crippen LogP contribution in [0.1, 0.15) is 39.2 Å². The summed E-state index contributed by atoms with van der Waals surface area (Å²) in [7, 11) is 1.34. The van der Waals surface area contributed by atoms with Crippen LogP contribution in [0.4, 0.5) is 9.39 Å². The van der Waals surface area contributed by atoms with Gasteiger partial charge in [-0.2, -0.15) is 0 Å². The van der Waals surface area contributed by atoms with E-state index in [4.69, 9.17) is 4.74 Å². The normalized spacial score (nSPS) is 13.5. The Balaban J connectivity index is 1.79. The van der Waals surface area contributed by atoms with Crippen LogP contribution < -0.4 is 5.32 Å². The zero-order valence-corrected chi connectivity index (χ0v) is 14.6. The summed E-state index contributed by atoms with van der Waals surface area (Å²) in [5, 5.41) is 3.32. The highest BCUT2D eigenvalue weighted by Gasteiger charge is 2.26. The number of aryl methyl sites for hydroxylation is 1. The zero-order chi connectivity index (χ0) is 17.8. The lowest BCUT2D eigenvalue weighted by Gasteiger charge is -2.11. The topological polar surface area (TPSA) is 55.4 Å². The molecule has 0 aliphatic heterocycles. The van der Waals surface area contributed by atoms with Gasteiger partial charge in [-0.25, -0.2) is 9.18 Å². The Morgan fingerprint density at radius 3 is 2.64 bits per heavy atom. The molecule has 0 spiro atoms. The van der Waals surface area contributed by atoms with Gasteiger partial charge >= 0.3 is 5.97 Å². The highest BCUT2D eigenvalue weighted by molar-refractivity contribution is 7.17. The molecule has 1 aliphatic carbocycles. The van der Waals surface area contributed by atoms with Gasteiger partial charge in [-0.1, -0.05) is 12.1 Å². The number of amides is 1. The number of esters is 1. The van der Waals surface area contributed by atoms with Crippen molar-refractivity contribution in [3.8, 4) is 0 Å². The number of carbonyl (C=O) groups excluding carboxylic acids is 2. The van der Waals surface area contributed by atoms with Crippen LogP contribution in [0, 0.1) is 5.82 Å². The van der Waals surface area contributed by atoms with Crippen LogP contribution in [-0.2, 0) is 22.4 Å². The smallest absolute Gasteiger partial charge is 0.341 e. The van der Waals surface area contributed by atoms with Crippen molar-refractivity contribution in [3.05, 3.63) is 57.7 Å². The number of thiophene rings is 1. The van der Waals surface area contributed by atoms with E-state index in [1.54, 1.807) is 18.2 Å². The number of nitrogens with one attached hydrogen (secondary N) is 1. The lowest BCUT2D eigenvalue weighted by molar-refractivity contribution is -0.111. The van der Waals surface area contributed by atoms with Crippen molar-refractivity contribution in [2.24, 2.45) is 0 Å². The molecule has 0 bridgehead atoms. The van der Waals surface area contributed by atoms with Gasteiger partial charge in [-0.3, -0.25) is 4.79 Å². The molecule has 0 saturated carbocycles. The van der Waals surface area contributed by atoms with Crippen molar-refractivity contribution in [3.63, 3.8) is 0 Å². The molecule has 130 valence electrons. The van der Waals surface area contributed by atoms with E-state index in [0.717, 1.165) is 41.7 Å². The third kappa shape index (κ3) is 3.96. The Bertz CT molecular complexity index is 824. The van der Waals surface area contributed by atoms with Gasteiger partial charge in [0.1, 0.15) is 10.8 Å². The van der Waals surface area contributed by atoms with Gasteiger partial charge in [0.25, 0.3) is 0 Å². The van der Waals surface area contributed by atoms with Crippen molar-refractivity contribution in [1.82, 2.24) is 0 Å². The van der Waals surface area contributed by atoms with E-state index in [1.165, 1.54) is 36.7 Å². The highest BCUT2D eigenvalue weighted by atomic mass is 32.1. The number of carbonyl (C=O) groups is 2. The molecular weight excluding hydrogens is 341 g/mol. The van der Waals surface area contributed by atoms with Gasteiger partial charge in [0.05, 0.1) is 12.7 Å². The Hall–Kier alpha value is -2.47. The van der Waals surface area contributed by atoms with Crippen molar-refractivity contribution in [2.45, 2.75) is 25.7 Å². The van der Waals surface area contributed by atoms with Gasteiger partial charge < -0.3 is 10.1 Å². The predicted octanol–water partition coefficient (Wildman–Crippen LogP) is 4.20. The van der Waals surface area contributed by atoms with Crippen molar-refractivity contribution in [2.75, 3.05) is 12.4 Å². The molecule has 6 heteroatoms. The number of anilines is 1. The van der Waals surface area contributed by atoms with Crippen LogP contribution in [-0.4, -0.2) is 19.0 Å². The number of halogens is 1. The summed E-state index contributed by atoms with van der Waals surface area (Å²) in [5.41, 5.74) is 2.20. The number of benzene rings is 1. The molecule has 1 aromatic heterocycles. The monoisotopic (exact) mass is 359 g/mol.